The van der Waals surface area contributed by atoms with E-state index in [1.807, 2.05) is 6.92 Å². The van der Waals surface area contributed by atoms with E-state index in [1.165, 1.54) is 5.56 Å². The van der Waals surface area contributed by atoms with Crippen LogP contribution in [0.1, 0.15) is 49.8 Å². The quantitative estimate of drug-likeness (QED) is 0.878. The predicted molar refractivity (Wildman–Crippen MR) is 77.7 cm³/mol. The zero-order chi connectivity index (χ0) is 13.8. The van der Waals surface area contributed by atoms with E-state index in [0.717, 1.165) is 31.2 Å². The van der Waals surface area contributed by atoms with Crippen LogP contribution in [0.5, 0.6) is 0 Å². The molecule has 1 amide bonds. The Morgan fingerprint density at radius 3 is 2.37 bits per heavy atom. The normalized spacial score (nSPS) is 24.8. The molecule has 0 spiro atoms. The fourth-order valence-electron chi connectivity index (χ4n) is 2.65. The van der Waals surface area contributed by atoms with Gasteiger partial charge in [-0.15, -0.1) is 0 Å². The van der Waals surface area contributed by atoms with Gasteiger partial charge in [-0.3, -0.25) is 4.79 Å². The molecule has 0 heterocycles. The maximum atomic E-state index is 12.2. The molecule has 1 aliphatic rings. The summed E-state index contributed by atoms with van der Waals surface area (Å²) in [6.45, 7) is 4.11. The zero-order valence-corrected chi connectivity index (χ0v) is 11.9. The number of hydrogen-bond donors (Lipinski definition) is 2. The molecule has 2 rings (SSSR count). The van der Waals surface area contributed by atoms with Crippen molar-refractivity contribution in [3.8, 4) is 0 Å². The first-order chi connectivity index (χ1) is 9.06. The Labute approximate surface area is 115 Å². The Morgan fingerprint density at radius 1 is 1.21 bits per heavy atom. The predicted octanol–water partition coefficient (Wildman–Crippen LogP) is 2.69. The summed E-state index contributed by atoms with van der Waals surface area (Å²) in [5.41, 5.74) is 8.27. The van der Waals surface area contributed by atoms with Gasteiger partial charge in [-0.25, -0.2) is 0 Å². The largest absolute Gasteiger partial charge is 0.349 e. The fourth-order valence-corrected chi connectivity index (χ4v) is 2.65. The maximum Gasteiger partial charge on any atom is 0.223 e. The molecule has 1 aliphatic carbocycles. The van der Waals surface area contributed by atoms with Crippen molar-refractivity contribution in [2.45, 2.75) is 51.6 Å². The average Bonchev–Trinajstić information content (AvgIpc) is 2.40. The molecule has 1 aromatic carbocycles. The average molecular weight is 260 g/mol. The van der Waals surface area contributed by atoms with E-state index in [9.17, 15) is 4.79 Å². The lowest BCUT2D eigenvalue weighted by Crippen LogP contribution is -2.37. The van der Waals surface area contributed by atoms with E-state index in [2.05, 4.69) is 36.5 Å². The number of benzene rings is 1. The SMILES string of the molecule is Cc1ccc([C@H](C)NC(=O)C2CCC(N)CC2)cc1. The molecule has 19 heavy (non-hydrogen) atoms. The van der Waals surface area contributed by atoms with Gasteiger partial charge in [0.25, 0.3) is 0 Å². The Morgan fingerprint density at radius 2 is 1.79 bits per heavy atom. The molecule has 0 bridgehead atoms. The van der Waals surface area contributed by atoms with Crippen molar-refractivity contribution < 1.29 is 4.79 Å². The van der Waals surface area contributed by atoms with E-state index < -0.39 is 0 Å². The Balaban J connectivity index is 1.89. The minimum atomic E-state index is 0.0729. The second kappa shape index (κ2) is 6.20. The van der Waals surface area contributed by atoms with Crippen molar-refractivity contribution in [2.24, 2.45) is 11.7 Å². The van der Waals surface area contributed by atoms with Crippen molar-refractivity contribution >= 4 is 5.91 Å². The van der Waals surface area contributed by atoms with Gasteiger partial charge in [-0.2, -0.15) is 0 Å². The summed E-state index contributed by atoms with van der Waals surface area (Å²) >= 11 is 0. The van der Waals surface area contributed by atoms with Crippen LogP contribution in [0.15, 0.2) is 24.3 Å². The maximum absolute atomic E-state index is 12.2. The molecular weight excluding hydrogens is 236 g/mol. The molecular formula is C16H24N2O. The van der Waals surface area contributed by atoms with Gasteiger partial charge in [0.2, 0.25) is 5.91 Å². The third-order valence-electron chi connectivity index (χ3n) is 4.08. The number of amides is 1. The molecule has 3 nitrogen and oxygen atoms in total. The molecule has 0 radical (unpaired) electrons. The van der Waals surface area contributed by atoms with Gasteiger partial charge < -0.3 is 11.1 Å². The van der Waals surface area contributed by atoms with E-state index in [-0.39, 0.29) is 17.9 Å². The van der Waals surface area contributed by atoms with E-state index in [1.54, 1.807) is 0 Å². The van der Waals surface area contributed by atoms with Crippen LogP contribution in [0, 0.1) is 12.8 Å². The number of rotatable bonds is 3. The van der Waals surface area contributed by atoms with Crippen LogP contribution in [-0.4, -0.2) is 11.9 Å². The lowest BCUT2D eigenvalue weighted by atomic mass is 9.85. The summed E-state index contributed by atoms with van der Waals surface area (Å²) in [5.74, 6) is 0.327. The fraction of sp³-hybridized carbons (Fsp3) is 0.562. The third kappa shape index (κ3) is 3.80. The molecule has 0 aliphatic heterocycles. The zero-order valence-electron chi connectivity index (χ0n) is 11.9. The molecule has 1 atom stereocenters. The van der Waals surface area contributed by atoms with Gasteiger partial charge in [-0.05, 0) is 45.1 Å². The van der Waals surface area contributed by atoms with Crippen LogP contribution in [0.25, 0.3) is 0 Å². The minimum Gasteiger partial charge on any atom is -0.349 e. The highest BCUT2D eigenvalue weighted by Crippen LogP contribution is 2.24. The van der Waals surface area contributed by atoms with Gasteiger partial charge in [0.15, 0.2) is 0 Å². The molecule has 0 aromatic heterocycles. The molecule has 0 saturated heterocycles. The molecule has 1 aromatic rings. The summed E-state index contributed by atoms with van der Waals surface area (Å²) in [6, 6.07) is 8.69. The first-order valence-corrected chi connectivity index (χ1v) is 7.19. The molecule has 1 fully saturated rings. The van der Waals surface area contributed by atoms with Crippen LogP contribution >= 0.6 is 0 Å². The van der Waals surface area contributed by atoms with E-state index >= 15 is 0 Å². The number of aryl methyl sites for hydroxylation is 1. The van der Waals surface area contributed by atoms with Crippen molar-refractivity contribution in [3.05, 3.63) is 35.4 Å². The first-order valence-electron chi connectivity index (χ1n) is 7.19. The van der Waals surface area contributed by atoms with Crippen molar-refractivity contribution in [1.29, 1.82) is 0 Å². The monoisotopic (exact) mass is 260 g/mol. The number of hydrogen-bond acceptors (Lipinski definition) is 2. The van der Waals surface area contributed by atoms with Crippen LogP contribution in [0.2, 0.25) is 0 Å². The molecule has 3 heteroatoms. The molecule has 1 saturated carbocycles. The molecule has 104 valence electrons. The van der Waals surface area contributed by atoms with Crippen molar-refractivity contribution in [2.75, 3.05) is 0 Å². The number of nitrogens with two attached hydrogens (primary N) is 1. The Bertz CT molecular complexity index is 419. The van der Waals surface area contributed by atoms with Crippen LogP contribution in [0.4, 0.5) is 0 Å². The standard InChI is InChI=1S/C16H24N2O/c1-11-3-5-13(6-4-11)12(2)18-16(19)14-7-9-15(17)10-8-14/h3-6,12,14-15H,7-10,17H2,1-2H3,(H,18,19)/t12-,14?,15?/m0/s1. The van der Waals surface area contributed by atoms with Crippen LogP contribution in [-0.2, 0) is 4.79 Å². The number of carbonyl (C=O) groups excluding carboxylic acids is 1. The summed E-state index contributed by atoms with van der Waals surface area (Å²) in [7, 11) is 0. The van der Waals surface area contributed by atoms with Crippen molar-refractivity contribution in [1.82, 2.24) is 5.32 Å². The van der Waals surface area contributed by atoms with Gasteiger partial charge in [-0.1, -0.05) is 29.8 Å². The van der Waals surface area contributed by atoms with Crippen LogP contribution < -0.4 is 11.1 Å². The number of carbonyl (C=O) groups is 1. The minimum absolute atomic E-state index is 0.0729. The second-order valence-electron chi connectivity index (χ2n) is 5.75. The first kappa shape index (κ1) is 14.1. The van der Waals surface area contributed by atoms with Gasteiger partial charge in [0, 0.05) is 12.0 Å². The summed E-state index contributed by atoms with van der Waals surface area (Å²) in [6.07, 6.45) is 3.79. The highest BCUT2D eigenvalue weighted by Gasteiger charge is 2.25. The number of nitrogens with one attached hydrogen (secondary N) is 1. The lowest BCUT2D eigenvalue weighted by Gasteiger charge is -2.26. The van der Waals surface area contributed by atoms with Crippen molar-refractivity contribution in [3.63, 3.8) is 0 Å². The van der Waals surface area contributed by atoms with Crippen LogP contribution in [0.3, 0.4) is 0 Å². The van der Waals surface area contributed by atoms with Gasteiger partial charge >= 0.3 is 0 Å². The summed E-state index contributed by atoms with van der Waals surface area (Å²) in [4.78, 5) is 12.2. The second-order valence-corrected chi connectivity index (χ2v) is 5.75. The highest BCUT2D eigenvalue weighted by molar-refractivity contribution is 5.79. The smallest absolute Gasteiger partial charge is 0.223 e. The Kier molecular flexibility index (Phi) is 4.59. The molecule has 3 N–H and O–H groups in total. The summed E-state index contributed by atoms with van der Waals surface area (Å²) < 4.78 is 0. The topological polar surface area (TPSA) is 55.1 Å². The lowest BCUT2D eigenvalue weighted by molar-refractivity contribution is -0.126. The van der Waals surface area contributed by atoms with Gasteiger partial charge in [0.05, 0.1) is 6.04 Å². The van der Waals surface area contributed by atoms with Gasteiger partial charge in [0.1, 0.15) is 0 Å². The Hall–Kier alpha value is -1.35. The van der Waals surface area contributed by atoms with E-state index in [0.29, 0.717) is 6.04 Å². The highest BCUT2D eigenvalue weighted by atomic mass is 16.1. The third-order valence-corrected chi connectivity index (χ3v) is 4.08. The molecule has 0 unspecified atom stereocenters. The summed E-state index contributed by atoms with van der Waals surface area (Å²) in [5, 5.41) is 3.12. The van der Waals surface area contributed by atoms with E-state index in [4.69, 9.17) is 5.73 Å².